The minimum atomic E-state index is -0.579. The Labute approximate surface area is 189 Å². The molecule has 5 nitrogen and oxygen atoms in total. The van der Waals surface area contributed by atoms with Crippen LogP contribution >= 0.6 is 11.6 Å². The van der Waals surface area contributed by atoms with Crippen LogP contribution < -0.4 is 10.1 Å². The lowest BCUT2D eigenvalue weighted by Crippen LogP contribution is -2.52. The second-order valence-corrected chi connectivity index (χ2v) is 8.49. The van der Waals surface area contributed by atoms with Crippen molar-refractivity contribution in [1.29, 1.82) is 0 Å². The SMILES string of the molecule is CC[C@H](C(=O)NC1CCCC1)N(Cc1ccccc1Cl)C(=O)COc1ccccc1C. The molecule has 6 heteroatoms. The monoisotopic (exact) mass is 442 g/mol. The fraction of sp³-hybridized carbons (Fsp3) is 0.440. The van der Waals surface area contributed by atoms with Gasteiger partial charge in [0, 0.05) is 17.6 Å². The Morgan fingerprint density at radius 3 is 2.48 bits per heavy atom. The number of nitrogens with zero attached hydrogens (tertiary/aromatic N) is 1. The van der Waals surface area contributed by atoms with Crippen LogP contribution in [0.3, 0.4) is 0 Å². The van der Waals surface area contributed by atoms with Crippen molar-refractivity contribution < 1.29 is 14.3 Å². The molecule has 2 aromatic carbocycles. The molecular weight excluding hydrogens is 412 g/mol. The highest BCUT2D eigenvalue weighted by atomic mass is 35.5. The fourth-order valence-electron chi connectivity index (χ4n) is 4.04. The molecule has 2 aromatic rings. The molecule has 0 bridgehead atoms. The number of carbonyl (C=O) groups is 2. The van der Waals surface area contributed by atoms with E-state index in [9.17, 15) is 9.59 Å². The van der Waals surface area contributed by atoms with E-state index in [1.54, 1.807) is 11.0 Å². The van der Waals surface area contributed by atoms with Crippen LogP contribution in [0.25, 0.3) is 0 Å². The highest BCUT2D eigenvalue weighted by molar-refractivity contribution is 6.31. The van der Waals surface area contributed by atoms with Gasteiger partial charge in [-0.25, -0.2) is 0 Å². The lowest BCUT2D eigenvalue weighted by Gasteiger charge is -2.31. The van der Waals surface area contributed by atoms with Gasteiger partial charge in [0.1, 0.15) is 11.8 Å². The maximum atomic E-state index is 13.3. The van der Waals surface area contributed by atoms with E-state index < -0.39 is 6.04 Å². The zero-order valence-corrected chi connectivity index (χ0v) is 19.0. The van der Waals surface area contributed by atoms with Crippen molar-refractivity contribution in [3.05, 3.63) is 64.7 Å². The molecule has 2 amide bonds. The van der Waals surface area contributed by atoms with Crippen molar-refractivity contribution in [3.8, 4) is 5.75 Å². The van der Waals surface area contributed by atoms with Gasteiger partial charge in [-0.05, 0) is 49.4 Å². The smallest absolute Gasteiger partial charge is 0.261 e. The number of halogens is 1. The van der Waals surface area contributed by atoms with Crippen LogP contribution in [0.2, 0.25) is 5.02 Å². The first-order valence-electron chi connectivity index (χ1n) is 11.0. The fourth-order valence-corrected chi connectivity index (χ4v) is 4.23. The topological polar surface area (TPSA) is 58.6 Å². The van der Waals surface area contributed by atoms with E-state index in [4.69, 9.17) is 16.3 Å². The predicted molar refractivity (Wildman–Crippen MR) is 123 cm³/mol. The largest absolute Gasteiger partial charge is 0.484 e. The molecular formula is C25H31ClN2O3. The van der Waals surface area contributed by atoms with Gasteiger partial charge in [-0.3, -0.25) is 9.59 Å². The summed E-state index contributed by atoms with van der Waals surface area (Å²) in [5.74, 6) is 0.319. The number of hydrogen-bond donors (Lipinski definition) is 1. The highest BCUT2D eigenvalue weighted by Gasteiger charge is 2.31. The maximum absolute atomic E-state index is 13.3. The zero-order chi connectivity index (χ0) is 22.2. The molecule has 1 aliphatic carbocycles. The van der Waals surface area contributed by atoms with Crippen LogP contribution in [0.4, 0.5) is 0 Å². The molecule has 3 rings (SSSR count). The molecule has 0 unspecified atom stereocenters. The summed E-state index contributed by atoms with van der Waals surface area (Å²) in [6.45, 7) is 3.98. The lowest BCUT2D eigenvalue weighted by molar-refractivity contribution is -0.143. The molecule has 166 valence electrons. The van der Waals surface area contributed by atoms with Crippen LogP contribution in [0.1, 0.15) is 50.2 Å². The highest BCUT2D eigenvalue weighted by Crippen LogP contribution is 2.22. The quantitative estimate of drug-likeness (QED) is 0.601. The number of benzene rings is 2. The average molecular weight is 443 g/mol. The van der Waals surface area contributed by atoms with Crippen LogP contribution in [0.15, 0.2) is 48.5 Å². The van der Waals surface area contributed by atoms with Gasteiger partial charge in [-0.2, -0.15) is 0 Å². The van der Waals surface area contributed by atoms with Crippen molar-refractivity contribution in [3.63, 3.8) is 0 Å². The third-order valence-electron chi connectivity index (χ3n) is 5.83. The molecule has 0 aromatic heterocycles. The third-order valence-corrected chi connectivity index (χ3v) is 6.20. The molecule has 0 radical (unpaired) electrons. The van der Waals surface area contributed by atoms with Gasteiger partial charge >= 0.3 is 0 Å². The second-order valence-electron chi connectivity index (χ2n) is 8.08. The van der Waals surface area contributed by atoms with Crippen molar-refractivity contribution in [2.45, 2.75) is 64.6 Å². The van der Waals surface area contributed by atoms with Gasteiger partial charge < -0.3 is 15.0 Å². The molecule has 1 fully saturated rings. The van der Waals surface area contributed by atoms with Crippen LogP contribution in [0.5, 0.6) is 5.75 Å². The van der Waals surface area contributed by atoms with Gasteiger partial charge in [0.25, 0.3) is 5.91 Å². The van der Waals surface area contributed by atoms with E-state index in [0.717, 1.165) is 36.8 Å². The van der Waals surface area contributed by atoms with Gasteiger partial charge in [0.15, 0.2) is 6.61 Å². The van der Waals surface area contributed by atoms with Gasteiger partial charge in [-0.15, -0.1) is 0 Å². The molecule has 0 saturated heterocycles. The van der Waals surface area contributed by atoms with Crippen LogP contribution in [-0.4, -0.2) is 35.4 Å². The maximum Gasteiger partial charge on any atom is 0.261 e. The van der Waals surface area contributed by atoms with Crippen molar-refractivity contribution in [1.82, 2.24) is 10.2 Å². The average Bonchev–Trinajstić information content (AvgIpc) is 3.27. The minimum Gasteiger partial charge on any atom is -0.484 e. The summed E-state index contributed by atoms with van der Waals surface area (Å²) >= 11 is 6.36. The minimum absolute atomic E-state index is 0.106. The Morgan fingerprint density at radius 2 is 1.81 bits per heavy atom. The number of nitrogens with one attached hydrogen (secondary N) is 1. The number of carbonyl (C=O) groups excluding carboxylic acids is 2. The van der Waals surface area contributed by atoms with Gasteiger partial charge in [0.2, 0.25) is 5.91 Å². The van der Waals surface area contributed by atoms with E-state index in [1.165, 1.54) is 0 Å². The molecule has 1 saturated carbocycles. The summed E-state index contributed by atoms with van der Waals surface area (Å²) in [7, 11) is 0. The first-order valence-corrected chi connectivity index (χ1v) is 11.4. The molecule has 0 spiro atoms. The number of amides is 2. The van der Waals surface area contributed by atoms with Crippen LogP contribution in [-0.2, 0) is 16.1 Å². The zero-order valence-electron chi connectivity index (χ0n) is 18.3. The van der Waals surface area contributed by atoms with Crippen molar-refractivity contribution >= 4 is 23.4 Å². The first-order chi connectivity index (χ1) is 15.0. The number of aryl methyl sites for hydroxylation is 1. The Balaban J connectivity index is 1.78. The van der Waals surface area contributed by atoms with Crippen molar-refractivity contribution in [2.75, 3.05) is 6.61 Å². The number of ether oxygens (including phenoxy) is 1. The van der Waals surface area contributed by atoms with E-state index in [0.29, 0.717) is 17.2 Å². The second kappa shape index (κ2) is 11.2. The normalized spacial score (nSPS) is 14.8. The molecule has 0 heterocycles. The van der Waals surface area contributed by atoms with E-state index in [1.807, 2.05) is 56.3 Å². The van der Waals surface area contributed by atoms with Crippen molar-refractivity contribution in [2.24, 2.45) is 0 Å². The first kappa shape index (κ1) is 23.1. The summed E-state index contributed by atoms with van der Waals surface area (Å²) < 4.78 is 5.80. The van der Waals surface area contributed by atoms with Crippen LogP contribution in [0, 0.1) is 6.92 Å². The predicted octanol–water partition coefficient (Wildman–Crippen LogP) is 4.89. The molecule has 1 atom stereocenters. The van der Waals surface area contributed by atoms with E-state index in [-0.39, 0.29) is 31.0 Å². The Morgan fingerprint density at radius 1 is 1.13 bits per heavy atom. The third kappa shape index (κ3) is 6.23. The Bertz CT molecular complexity index is 896. The van der Waals surface area contributed by atoms with E-state index in [2.05, 4.69) is 5.32 Å². The number of para-hydroxylation sites is 1. The lowest BCUT2D eigenvalue weighted by atomic mass is 10.1. The molecule has 31 heavy (non-hydrogen) atoms. The van der Waals surface area contributed by atoms with E-state index >= 15 is 0 Å². The summed E-state index contributed by atoms with van der Waals surface area (Å²) in [4.78, 5) is 28.0. The number of rotatable bonds is 9. The summed E-state index contributed by atoms with van der Waals surface area (Å²) in [5.41, 5.74) is 1.76. The standard InChI is InChI=1S/C25H31ClN2O3/c1-3-22(25(30)27-20-12-6-7-13-20)28(16-19-11-5-8-14-21(19)26)24(29)17-31-23-15-9-4-10-18(23)2/h4-5,8-11,14-15,20,22H,3,6-7,12-13,16-17H2,1-2H3,(H,27,30)/t22-/m1/s1. The summed E-state index contributed by atoms with van der Waals surface area (Å²) in [5, 5.41) is 3.72. The Hall–Kier alpha value is -2.53. The number of hydrogen-bond acceptors (Lipinski definition) is 3. The summed E-state index contributed by atoms with van der Waals surface area (Å²) in [6.07, 6.45) is 4.77. The molecule has 0 aliphatic heterocycles. The van der Waals surface area contributed by atoms with Gasteiger partial charge in [0.05, 0.1) is 0 Å². The Kier molecular flexibility index (Phi) is 8.35. The summed E-state index contributed by atoms with van der Waals surface area (Å²) in [6, 6.07) is 14.6. The molecule has 1 N–H and O–H groups in total. The van der Waals surface area contributed by atoms with Gasteiger partial charge in [-0.1, -0.05) is 67.8 Å². The molecule has 1 aliphatic rings.